The van der Waals surface area contributed by atoms with Crippen LogP contribution in [0.25, 0.3) is 0 Å². The number of carbonyl (C=O) groups excluding carboxylic acids is 1. The monoisotopic (exact) mass is 250 g/mol. The normalized spacial score (nSPS) is 19.7. The Morgan fingerprint density at radius 1 is 1.56 bits per heavy atom. The molecule has 0 radical (unpaired) electrons. The number of ether oxygens (including phenoxy) is 1. The van der Waals surface area contributed by atoms with Gasteiger partial charge >= 0.3 is 0 Å². The molecule has 0 N–H and O–H groups in total. The topological polar surface area (TPSA) is 58.6 Å². The van der Waals surface area contributed by atoms with Gasteiger partial charge in [0.1, 0.15) is 11.9 Å². The molecule has 0 aliphatic carbocycles. The largest absolute Gasteiger partial charge is 0.367 e. The van der Waals surface area contributed by atoms with Gasteiger partial charge in [-0.2, -0.15) is 0 Å². The highest BCUT2D eigenvalue weighted by Gasteiger charge is 2.25. The van der Waals surface area contributed by atoms with Crippen LogP contribution in [-0.2, 0) is 9.53 Å². The van der Waals surface area contributed by atoms with Gasteiger partial charge in [0.15, 0.2) is 5.82 Å². The zero-order valence-corrected chi connectivity index (χ0v) is 11.0. The summed E-state index contributed by atoms with van der Waals surface area (Å²) < 4.78 is 5.64. The van der Waals surface area contributed by atoms with E-state index in [1.807, 2.05) is 25.1 Å². The highest BCUT2D eigenvalue weighted by molar-refractivity contribution is 5.73. The fourth-order valence-corrected chi connectivity index (χ4v) is 1.86. The molecular weight excluding hydrogens is 232 g/mol. The second-order valence-electron chi connectivity index (χ2n) is 4.49. The smallest absolute Gasteiger partial charge is 0.219 e. The van der Waals surface area contributed by atoms with Gasteiger partial charge in [0, 0.05) is 33.8 Å². The minimum atomic E-state index is -0.234. The second-order valence-corrected chi connectivity index (χ2v) is 4.49. The van der Waals surface area contributed by atoms with Crippen LogP contribution in [0.1, 0.15) is 18.9 Å². The average molecular weight is 250 g/mol. The van der Waals surface area contributed by atoms with E-state index in [2.05, 4.69) is 9.97 Å². The van der Waals surface area contributed by atoms with Crippen LogP contribution in [0.3, 0.4) is 0 Å². The molecule has 0 aromatic carbocycles. The van der Waals surface area contributed by atoms with Crippen molar-refractivity contribution in [1.82, 2.24) is 14.9 Å². The molecule has 18 heavy (non-hydrogen) atoms. The highest BCUT2D eigenvalue weighted by atomic mass is 16.5. The maximum Gasteiger partial charge on any atom is 0.219 e. The predicted octanol–water partition coefficient (Wildman–Crippen LogP) is 0.462. The SMILES string of the molecule is CC(=O)N1CCO[C@@H](c2nccc(N(C)C)n2)C1. The van der Waals surface area contributed by atoms with Gasteiger partial charge in [-0.15, -0.1) is 0 Å². The summed E-state index contributed by atoms with van der Waals surface area (Å²) in [5.41, 5.74) is 0. The van der Waals surface area contributed by atoms with Crippen molar-refractivity contribution in [2.24, 2.45) is 0 Å². The van der Waals surface area contributed by atoms with Crippen LogP contribution in [0.15, 0.2) is 12.3 Å². The van der Waals surface area contributed by atoms with E-state index in [1.54, 1.807) is 18.0 Å². The molecule has 1 aliphatic rings. The van der Waals surface area contributed by atoms with Gasteiger partial charge in [0.25, 0.3) is 0 Å². The van der Waals surface area contributed by atoms with E-state index in [0.717, 1.165) is 5.82 Å². The summed E-state index contributed by atoms with van der Waals surface area (Å²) in [7, 11) is 3.85. The van der Waals surface area contributed by atoms with Crippen molar-refractivity contribution >= 4 is 11.7 Å². The summed E-state index contributed by atoms with van der Waals surface area (Å²) in [5.74, 6) is 1.53. The van der Waals surface area contributed by atoms with Crippen LogP contribution in [0.4, 0.5) is 5.82 Å². The Labute approximate surface area is 107 Å². The van der Waals surface area contributed by atoms with E-state index in [9.17, 15) is 4.79 Å². The quantitative estimate of drug-likeness (QED) is 0.763. The second kappa shape index (κ2) is 5.30. The van der Waals surface area contributed by atoms with Crippen molar-refractivity contribution < 1.29 is 9.53 Å². The first kappa shape index (κ1) is 12.8. The maximum absolute atomic E-state index is 11.4. The van der Waals surface area contributed by atoms with Crippen LogP contribution in [0, 0.1) is 0 Å². The Morgan fingerprint density at radius 2 is 2.33 bits per heavy atom. The number of morpholine rings is 1. The highest BCUT2D eigenvalue weighted by Crippen LogP contribution is 2.20. The fraction of sp³-hybridized carbons (Fsp3) is 0.583. The van der Waals surface area contributed by atoms with Crippen molar-refractivity contribution in [3.63, 3.8) is 0 Å². The lowest BCUT2D eigenvalue weighted by molar-refractivity contribution is -0.136. The molecule has 98 valence electrons. The van der Waals surface area contributed by atoms with Crippen LogP contribution < -0.4 is 4.90 Å². The van der Waals surface area contributed by atoms with Crippen molar-refractivity contribution in [3.8, 4) is 0 Å². The fourth-order valence-electron chi connectivity index (χ4n) is 1.86. The van der Waals surface area contributed by atoms with E-state index >= 15 is 0 Å². The summed E-state index contributed by atoms with van der Waals surface area (Å²) in [5, 5.41) is 0. The van der Waals surface area contributed by atoms with Gasteiger partial charge in [-0.05, 0) is 6.07 Å². The minimum Gasteiger partial charge on any atom is -0.367 e. The molecule has 6 heteroatoms. The Bertz CT molecular complexity index is 436. The Balaban J connectivity index is 2.15. The number of anilines is 1. The molecule has 0 unspecified atom stereocenters. The molecule has 1 saturated heterocycles. The van der Waals surface area contributed by atoms with Gasteiger partial charge in [-0.25, -0.2) is 9.97 Å². The van der Waals surface area contributed by atoms with Gasteiger partial charge < -0.3 is 14.5 Å². The lowest BCUT2D eigenvalue weighted by Gasteiger charge is -2.31. The van der Waals surface area contributed by atoms with Gasteiger partial charge in [-0.3, -0.25) is 4.79 Å². The van der Waals surface area contributed by atoms with Gasteiger partial charge in [-0.1, -0.05) is 0 Å². The first-order valence-electron chi connectivity index (χ1n) is 5.95. The number of carbonyl (C=O) groups is 1. The molecule has 0 bridgehead atoms. The van der Waals surface area contributed by atoms with Gasteiger partial charge in [0.2, 0.25) is 5.91 Å². The minimum absolute atomic E-state index is 0.0621. The lowest BCUT2D eigenvalue weighted by atomic mass is 10.2. The van der Waals surface area contributed by atoms with Crippen molar-refractivity contribution in [1.29, 1.82) is 0 Å². The third-order valence-corrected chi connectivity index (χ3v) is 2.92. The Kier molecular flexibility index (Phi) is 3.76. The van der Waals surface area contributed by atoms with Crippen LogP contribution >= 0.6 is 0 Å². The van der Waals surface area contributed by atoms with E-state index in [4.69, 9.17) is 4.74 Å². The number of hydrogen-bond acceptors (Lipinski definition) is 5. The molecule has 2 heterocycles. The predicted molar refractivity (Wildman–Crippen MR) is 67.3 cm³/mol. The number of aromatic nitrogens is 2. The number of amides is 1. The molecule has 2 rings (SSSR count). The van der Waals surface area contributed by atoms with E-state index in [0.29, 0.717) is 25.5 Å². The van der Waals surface area contributed by atoms with Crippen LogP contribution in [0.2, 0.25) is 0 Å². The maximum atomic E-state index is 11.4. The Hall–Kier alpha value is -1.69. The van der Waals surface area contributed by atoms with Crippen molar-refractivity contribution in [3.05, 3.63) is 18.1 Å². The zero-order chi connectivity index (χ0) is 13.1. The van der Waals surface area contributed by atoms with Crippen LogP contribution in [-0.4, -0.2) is 54.6 Å². The molecule has 6 nitrogen and oxygen atoms in total. The number of rotatable bonds is 2. The molecule has 1 aliphatic heterocycles. The molecule has 1 aromatic rings. The van der Waals surface area contributed by atoms with E-state index < -0.39 is 0 Å². The average Bonchev–Trinajstić information content (AvgIpc) is 2.39. The standard InChI is InChI=1S/C12H18N4O2/c1-9(17)16-6-7-18-10(8-16)12-13-5-4-11(14-12)15(2)3/h4-5,10H,6-8H2,1-3H3/t10-/m1/s1. The summed E-state index contributed by atoms with van der Waals surface area (Å²) in [6, 6.07) is 1.84. The first-order chi connectivity index (χ1) is 8.58. The summed E-state index contributed by atoms with van der Waals surface area (Å²) in [4.78, 5) is 23.7. The molecule has 0 spiro atoms. The lowest BCUT2D eigenvalue weighted by Crippen LogP contribution is -2.41. The summed E-state index contributed by atoms with van der Waals surface area (Å²) in [6.07, 6.45) is 1.48. The first-order valence-corrected chi connectivity index (χ1v) is 5.95. The van der Waals surface area contributed by atoms with Crippen LogP contribution in [0.5, 0.6) is 0 Å². The molecule has 1 aromatic heterocycles. The molecule has 1 amide bonds. The molecule has 1 fully saturated rings. The number of hydrogen-bond donors (Lipinski definition) is 0. The number of nitrogens with zero attached hydrogens (tertiary/aromatic N) is 4. The third-order valence-electron chi connectivity index (χ3n) is 2.92. The summed E-state index contributed by atoms with van der Waals surface area (Å²) >= 11 is 0. The molecule has 0 saturated carbocycles. The zero-order valence-electron chi connectivity index (χ0n) is 11.0. The van der Waals surface area contributed by atoms with E-state index in [-0.39, 0.29) is 12.0 Å². The molecule has 1 atom stereocenters. The summed E-state index contributed by atoms with van der Waals surface area (Å²) in [6.45, 7) is 3.25. The van der Waals surface area contributed by atoms with Crippen molar-refractivity contribution in [2.45, 2.75) is 13.0 Å². The molecular formula is C12H18N4O2. The van der Waals surface area contributed by atoms with Gasteiger partial charge in [0.05, 0.1) is 13.2 Å². The van der Waals surface area contributed by atoms with Crippen molar-refractivity contribution in [2.75, 3.05) is 38.7 Å². The van der Waals surface area contributed by atoms with E-state index in [1.165, 1.54) is 0 Å². The Morgan fingerprint density at radius 3 is 3.00 bits per heavy atom. The third kappa shape index (κ3) is 2.76.